The van der Waals surface area contributed by atoms with Gasteiger partial charge in [0.05, 0.1) is 12.7 Å². The standard InChI is InChI=1S/C24H24N2O4/c1-26(2)24(28)20-10-7-11-21(29-3)23(20)30-16-22(27)25-19-14-12-18(13-15-19)17-8-5-4-6-9-17/h4-15H,16H2,1-3H3,(H,25,27). The fraction of sp³-hybridized carbons (Fsp3) is 0.167. The Hall–Kier alpha value is -3.80. The predicted octanol–water partition coefficient (Wildman–Crippen LogP) is 4.08. The Morgan fingerprint density at radius 3 is 2.17 bits per heavy atom. The molecule has 0 radical (unpaired) electrons. The number of nitrogens with zero attached hydrogens (tertiary/aromatic N) is 1. The van der Waals surface area contributed by atoms with Gasteiger partial charge in [-0.2, -0.15) is 0 Å². The van der Waals surface area contributed by atoms with E-state index in [1.54, 1.807) is 32.3 Å². The van der Waals surface area contributed by atoms with Crippen molar-refractivity contribution in [2.24, 2.45) is 0 Å². The van der Waals surface area contributed by atoms with Gasteiger partial charge in [0, 0.05) is 19.8 Å². The maximum absolute atomic E-state index is 12.4. The van der Waals surface area contributed by atoms with Crippen LogP contribution in [0.4, 0.5) is 5.69 Å². The summed E-state index contributed by atoms with van der Waals surface area (Å²) < 4.78 is 11.0. The lowest BCUT2D eigenvalue weighted by Crippen LogP contribution is -2.24. The highest BCUT2D eigenvalue weighted by atomic mass is 16.5. The minimum absolute atomic E-state index is 0.235. The van der Waals surface area contributed by atoms with E-state index < -0.39 is 0 Å². The topological polar surface area (TPSA) is 67.9 Å². The van der Waals surface area contributed by atoms with Crippen LogP contribution in [-0.2, 0) is 4.79 Å². The summed E-state index contributed by atoms with van der Waals surface area (Å²) in [5.41, 5.74) is 3.16. The van der Waals surface area contributed by atoms with Gasteiger partial charge < -0.3 is 19.7 Å². The lowest BCUT2D eigenvalue weighted by molar-refractivity contribution is -0.118. The number of anilines is 1. The molecule has 0 fully saturated rings. The van der Waals surface area contributed by atoms with E-state index in [1.807, 2.05) is 54.6 Å². The van der Waals surface area contributed by atoms with E-state index in [0.717, 1.165) is 11.1 Å². The van der Waals surface area contributed by atoms with E-state index in [0.29, 0.717) is 17.0 Å². The summed E-state index contributed by atoms with van der Waals surface area (Å²) in [6.07, 6.45) is 0. The molecule has 0 bridgehead atoms. The lowest BCUT2D eigenvalue weighted by Gasteiger charge is -2.17. The number of para-hydroxylation sites is 1. The first kappa shape index (κ1) is 20.9. The molecule has 3 rings (SSSR count). The van der Waals surface area contributed by atoms with E-state index in [4.69, 9.17) is 9.47 Å². The summed E-state index contributed by atoms with van der Waals surface area (Å²) in [5.74, 6) is 0.0633. The molecule has 0 atom stereocenters. The van der Waals surface area contributed by atoms with Crippen LogP contribution in [0.1, 0.15) is 10.4 Å². The van der Waals surface area contributed by atoms with Gasteiger partial charge in [-0.15, -0.1) is 0 Å². The molecule has 30 heavy (non-hydrogen) atoms. The number of hydrogen-bond acceptors (Lipinski definition) is 4. The van der Waals surface area contributed by atoms with Crippen molar-refractivity contribution < 1.29 is 19.1 Å². The molecular formula is C24H24N2O4. The molecule has 3 aromatic carbocycles. The largest absolute Gasteiger partial charge is 0.493 e. The Morgan fingerprint density at radius 1 is 0.867 bits per heavy atom. The highest BCUT2D eigenvalue weighted by Gasteiger charge is 2.19. The summed E-state index contributed by atoms with van der Waals surface area (Å²) in [6.45, 7) is -0.255. The Bertz CT molecular complexity index is 1020. The van der Waals surface area contributed by atoms with Gasteiger partial charge >= 0.3 is 0 Å². The van der Waals surface area contributed by atoms with E-state index in [9.17, 15) is 9.59 Å². The summed E-state index contributed by atoms with van der Waals surface area (Å²) >= 11 is 0. The highest BCUT2D eigenvalue weighted by Crippen LogP contribution is 2.31. The second-order valence-electron chi connectivity index (χ2n) is 6.82. The number of amides is 2. The molecule has 0 aliphatic carbocycles. The van der Waals surface area contributed by atoms with Crippen molar-refractivity contribution in [3.63, 3.8) is 0 Å². The predicted molar refractivity (Wildman–Crippen MR) is 117 cm³/mol. The van der Waals surface area contributed by atoms with Crippen molar-refractivity contribution in [2.45, 2.75) is 0 Å². The molecule has 0 saturated carbocycles. The van der Waals surface area contributed by atoms with Crippen molar-refractivity contribution in [1.29, 1.82) is 0 Å². The van der Waals surface area contributed by atoms with Crippen molar-refractivity contribution in [1.82, 2.24) is 4.90 Å². The van der Waals surface area contributed by atoms with Crippen LogP contribution in [0.15, 0.2) is 72.8 Å². The van der Waals surface area contributed by atoms with E-state index in [1.165, 1.54) is 12.0 Å². The molecule has 0 heterocycles. The van der Waals surface area contributed by atoms with Crippen molar-refractivity contribution in [2.75, 3.05) is 33.1 Å². The van der Waals surface area contributed by atoms with Gasteiger partial charge in [-0.25, -0.2) is 0 Å². The van der Waals surface area contributed by atoms with Gasteiger partial charge in [0.1, 0.15) is 0 Å². The van der Waals surface area contributed by atoms with Crippen molar-refractivity contribution in [3.05, 3.63) is 78.4 Å². The minimum atomic E-state index is -0.336. The summed E-state index contributed by atoms with van der Waals surface area (Å²) in [4.78, 5) is 26.2. The van der Waals surface area contributed by atoms with Gasteiger partial charge in [0.25, 0.3) is 11.8 Å². The Balaban J connectivity index is 1.67. The second-order valence-corrected chi connectivity index (χ2v) is 6.82. The number of methoxy groups -OCH3 is 1. The van der Waals surface area contributed by atoms with Crippen LogP contribution in [0, 0.1) is 0 Å². The SMILES string of the molecule is COc1cccc(C(=O)N(C)C)c1OCC(=O)Nc1ccc(-c2ccccc2)cc1. The molecule has 6 heteroatoms. The normalized spacial score (nSPS) is 10.2. The molecule has 0 aliphatic rings. The first-order valence-corrected chi connectivity index (χ1v) is 9.46. The highest BCUT2D eigenvalue weighted by molar-refractivity contribution is 5.98. The summed E-state index contributed by atoms with van der Waals surface area (Å²) in [6, 6.07) is 22.6. The zero-order valence-corrected chi connectivity index (χ0v) is 17.2. The molecule has 0 unspecified atom stereocenters. The van der Waals surface area contributed by atoms with Gasteiger partial charge in [-0.3, -0.25) is 9.59 Å². The van der Waals surface area contributed by atoms with E-state index >= 15 is 0 Å². The first-order chi connectivity index (χ1) is 14.5. The van der Waals surface area contributed by atoms with Crippen LogP contribution < -0.4 is 14.8 Å². The number of benzene rings is 3. The molecule has 0 spiro atoms. The molecule has 6 nitrogen and oxygen atoms in total. The zero-order chi connectivity index (χ0) is 21.5. The average Bonchev–Trinajstić information content (AvgIpc) is 2.78. The number of rotatable bonds is 7. The van der Waals surface area contributed by atoms with Crippen LogP contribution in [0.5, 0.6) is 11.5 Å². The molecular weight excluding hydrogens is 380 g/mol. The third-order valence-corrected chi connectivity index (χ3v) is 4.46. The van der Waals surface area contributed by atoms with Crippen LogP contribution in [0.25, 0.3) is 11.1 Å². The fourth-order valence-electron chi connectivity index (χ4n) is 2.95. The van der Waals surface area contributed by atoms with Crippen LogP contribution in [0.3, 0.4) is 0 Å². The molecule has 1 N–H and O–H groups in total. The molecule has 0 saturated heterocycles. The van der Waals surface area contributed by atoms with E-state index in [2.05, 4.69) is 5.32 Å². The van der Waals surface area contributed by atoms with Gasteiger partial charge in [-0.05, 0) is 35.4 Å². The first-order valence-electron chi connectivity index (χ1n) is 9.46. The average molecular weight is 404 g/mol. The van der Waals surface area contributed by atoms with Crippen molar-refractivity contribution >= 4 is 17.5 Å². The molecule has 0 aliphatic heterocycles. The van der Waals surface area contributed by atoms with Gasteiger partial charge in [0.15, 0.2) is 18.1 Å². The minimum Gasteiger partial charge on any atom is -0.493 e. The lowest BCUT2D eigenvalue weighted by atomic mass is 10.1. The summed E-state index contributed by atoms with van der Waals surface area (Å²) in [7, 11) is 4.79. The number of carbonyl (C=O) groups excluding carboxylic acids is 2. The Labute approximate surface area is 176 Å². The second kappa shape index (κ2) is 9.60. The Kier molecular flexibility index (Phi) is 6.70. The van der Waals surface area contributed by atoms with Crippen LogP contribution in [0.2, 0.25) is 0 Å². The summed E-state index contributed by atoms with van der Waals surface area (Å²) in [5, 5.41) is 2.80. The maximum atomic E-state index is 12.4. The van der Waals surface area contributed by atoms with Gasteiger partial charge in [-0.1, -0.05) is 48.5 Å². The van der Waals surface area contributed by atoms with Crippen molar-refractivity contribution in [3.8, 4) is 22.6 Å². The number of carbonyl (C=O) groups is 2. The smallest absolute Gasteiger partial charge is 0.262 e. The quantitative estimate of drug-likeness (QED) is 0.644. The maximum Gasteiger partial charge on any atom is 0.262 e. The fourth-order valence-corrected chi connectivity index (χ4v) is 2.95. The Morgan fingerprint density at radius 2 is 1.53 bits per heavy atom. The van der Waals surface area contributed by atoms with Crippen LogP contribution in [-0.4, -0.2) is 44.5 Å². The number of hydrogen-bond donors (Lipinski definition) is 1. The third kappa shape index (κ3) is 4.97. The third-order valence-electron chi connectivity index (χ3n) is 4.46. The number of ether oxygens (including phenoxy) is 2. The monoisotopic (exact) mass is 404 g/mol. The molecule has 154 valence electrons. The number of nitrogens with one attached hydrogen (secondary N) is 1. The zero-order valence-electron chi connectivity index (χ0n) is 17.2. The van der Waals surface area contributed by atoms with Crippen LogP contribution >= 0.6 is 0 Å². The molecule has 2 amide bonds. The molecule has 0 aromatic heterocycles. The van der Waals surface area contributed by atoms with Gasteiger partial charge in [0.2, 0.25) is 0 Å². The van der Waals surface area contributed by atoms with E-state index in [-0.39, 0.29) is 24.2 Å². The molecule has 3 aromatic rings.